The van der Waals surface area contributed by atoms with E-state index in [9.17, 15) is 0 Å². The highest BCUT2D eigenvalue weighted by atomic mass is 15.3. The van der Waals surface area contributed by atoms with E-state index in [1.54, 1.807) is 23.1 Å². The van der Waals surface area contributed by atoms with Crippen LogP contribution < -0.4 is 0 Å². The first-order valence-electron chi connectivity index (χ1n) is 8.00. The summed E-state index contributed by atoms with van der Waals surface area (Å²) in [5.74, 6) is 1.19. The van der Waals surface area contributed by atoms with Crippen molar-refractivity contribution in [1.82, 2.24) is 24.6 Å². The molecule has 5 rings (SSSR count). The SMILES string of the molecule is c1cncc(-c2nc3nccc(-c4cccc5ccccc45)n3n2)c1. The Bertz CT molecular complexity index is 1190. The predicted molar refractivity (Wildman–Crippen MR) is 97.0 cm³/mol. The van der Waals surface area contributed by atoms with E-state index in [-0.39, 0.29) is 0 Å². The molecule has 0 amide bonds. The number of fused-ring (bicyclic) bond motifs is 2. The van der Waals surface area contributed by atoms with E-state index in [1.807, 2.05) is 30.3 Å². The third-order valence-corrected chi connectivity index (χ3v) is 4.23. The number of hydrogen-bond acceptors (Lipinski definition) is 4. The van der Waals surface area contributed by atoms with Crippen molar-refractivity contribution in [2.75, 3.05) is 0 Å². The minimum absolute atomic E-state index is 0.573. The number of hydrogen-bond donors (Lipinski definition) is 0. The van der Waals surface area contributed by atoms with Gasteiger partial charge in [0.15, 0.2) is 5.82 Å². The van der Waals surface area contributed by atoms with Gasteiger partial charge in [-0.25, -0.2) is 4.98 Å². The molecule has 118 valence electrons. The van der Waals surface area contributed by atoms with Crippen molar-refractivity contribution in [3.8, 4) is 22.6 Å². The van der Waals surface area contributed by atoms with E-state index in [2.05, 4.69) is 50.4 Å². The van der Waals surface area contributed by atoms with E-state index in [0.717, 1.165) is 16.8 Å². The van der Waals surface area contributed by atoms with Gasteiger partial charge in [0, 0.05) is 29.7 Å². The standard InChI is InChI=1S/C20H13N5/c1-2-8-16-14(5-1)6-3-9-17(16)18-10-12-22-20-23-19(24-25(18)20)15-7-4-11-21-13-15/h1-13H. The first-order valence-corrected chi connectivity index (χ1v) is 8.00. The van der Waals surface area contributed by atoms with Gasteiger partial charge >= 0.3 is 0 Å². The summed E-state index contributed by atoms with van der Waals surface area (Å²) in [6.07, 6.45) is 5.26. The molecule has 0 spiro atoms. The Labute approximate surface area is 143 Å². The average Bonchev–Trinajstić information content (AvgIpc) is 3.13. The normalized spacial score (nSPS) is 11.2. The lowest BCUT2D eigenvalue weighted by Gasteiger charge is -2.07. The Hall–Kier alpha value is -3.60. The van der Waals surface area contributed by atoms with Crippen molar-refractivity contribution in [1.29, 1.82) is 0 Å². The van der Waals surface area contributed by atoms with Gasteiger partial charge in [-0.2, -0.15) is 9.50 Å². The molecule has 0 atom stereocenters. The third kappa shape index (κ3) is 2.25. The van der Waals surface area contributed by atoms with Gasteiger partial charge in [-0.05, 0) is 29.0 Å². The molecule has 3 heterocycles. The number of benzene rings is 2. The zero-order chi connectivity index (χ0) is 16.6. The topological polar surface area (TPSA) is 56.0 Å². The fraction of sp³-hybridized carbons (Fsp3) is 0. The van der Waals surface area contributed by atoms with Crippen LogP contribution in [0.4, 0.5) is 0 Å². The third-order valence-electron chi connectivity index (χ3n) is 4.23. The maximum atomic E-state index is 4.67. The lowest BCUT2D eigenvalue weighted by atomic mass is 10.0. The molecule has 0 bridgehead atoms. The molecule has 0 aliphatic carbocycles. The van der Waals surface area contributed by atoms with E-state index in [4.69, 9.17) is 0 Å². The fourth-order valence-electron chi connectivity index (χ4n) is 3.06. The molecule has 0 aliphatic heterocycles. The van der Waals surface area contributed by atoms with Crippen molar-refractivity contribution in [2.45, 2.75) is 0 Å². The summed E-state index contributed by atoms with van der Waals surface area (Å²) in [6, 6.07) is 20.4. The first-order chi connectivity index (χ1) is 12.4. The van der Waals surface area contributed by atoms with Crippen LogP contribution in [-0.4, -0.2) is 24.6 Å². The Morgan fingerprint density at radius 1 is 0.800 bits per heavy atom. The molecular formula is C20H13N5. The van der Waals surface area contributed by atoms with Crippen LogP contribution in [0.2, 0.25) is 0 Å². The quantitative estimate of drug-likeness (QED) is 0.492. The lowest BCUT2D eigenvalue weighted by molar-refractivity contribution is 0.952. The number of pyridine rings is 1. The maximum Gasteiger partial charge on any atom is 0.253 e. The van der Waals surface area contributed by atoms with Gasteiger partial charge in [-0.15, -0.1) is 5.10 Å². The summed E-state index contributed by atoms with van der Waals surface area (Å²) in [4.78, 5) is 13.1. The lowest BCUT2D eigenvalue weighted by Crippen LogP contribution is -1.96. The molecule has 0 saturated carbocycles. The summed E-state index contributed by atoms with van der Waals surface area (Å²) < 4.78 is 1.80. The van der Waals surface area contributed by atoms with E-state index in [1.165, 1.54) is 10.8 Å². The maximum absolute atomic E-state index is 4.67. The molecule has 0 saturated heterocycles. The average molecular weight is 323 g/mol. The van der Waals surface area contributed by atoms with Crippen LogP contribution in [0.5, 0.6) is 0 Å². The first kappa shape index (κ1) is 13.8. The van der Waals surface area contributed by atoms with Crippen molar-refractivity contribution < 1.29 is 0 Å². The number of nitrogens with zero attached hydrogens (tertiary/aromatic N) is 5. The van der Waals surface area contributed by atoms with Gasteiger partial charge in [0.05, 0.1) is 5.69 Å². The summed E-state index contributed by atoms with van der Waals surface area (Å²) in [6.45, 7) is 0. The summed E-state index contributed by atoms with van der Waals surface area (Å²) >= 11 is 0. The van der Waals surface area contributed by atoms with Crippen molar-refractivity contribution in [3.63, 3.8) is 0 Å². The molecule has 0 radical (unpaired) electrons. The zero-order valence-electron chi connectivity index (χ0n) is 13.2. The molecule has 0 aliphatic rings. The molecule has 25 heavy (non-hydrogen) atoms. The number of aromatic nitrogens is 5. The Morgan fingerprint density at radius 3 is 2.64 bits per heavy atom. The molecule has 0 fully saturated rings. The molecule has 2 aromatic carbocycles. The molecule has 3 aromatic heterocycles. The Kier molecular flexibility index (Phi) is 3.03. The van der Waals surface area contributed by atoms with Crippen molar-refractivity contribution in [3.05, 3.63) is 79.3 Å². The largest absolute Gasteiger partial charge is 0.264 e. The molecule has 5 aromatic rings. The molecular weight excluding hydrogens is 310 g/mol. The van der Waals surface area contributed by atoms with Crippen LogP contribution in [0.25, 0.3) is 39.2 Å². The summed E-state index contributed by atoms with van der Waals surface area (Å²) in [5.41, 5.74) is 2.94. The highest BCUT2D eigenvalue weighted by Gasteiger charge is 2.13. The van der Waals surface area contributed by atoms with Crippen LogP contribution in [-0.2, 0) is 0 Å². The smallest absolute Gasteiger partial charge is 0.253 e. The van der Waals surface area contributed by atoms with Crippen LogP contribution in [0.3, 0.4) is 0 Å². The van der Waals surface area contributed by atoms with Crippen molar-refractivity contribution in [2.24, 2.45) is 0 Å². The molecule has 0 unspecified atom stereocenters. The Balaban J connectivity index is 1.78. The van der Waals surface area contributed by atoms with Crippen LogP contribution in [0.1, 0.15) is 0 Å². The second kappa shape index (κ2) is 5.49. The molecule has 5 heteroatoms. The number of rotatable bonds is 2. The van der Waals surface area contributed by atoms with Crippen molar-refractivity contribution >= 4 is 16.6 Å². The van der Waals surface area contributed by atoms with Gasteiger partial charge in [0.2, 0.25) is 0 Å². The summed E-state index contributed by atoms with van der Waals surface area (Å²) in [5, 5.41) is 7.04. The van der Waals surface area contributed by atoms with E-state index in [0.29, 0.717) is 11.6 Å². The van der Waals surface area contributed by atoms with E-state index < -0.39 is 0 Å². The highest BCUT2D eigenvalue weighted by Crippen LogP contribution is 2.28. The van der Waals surface area contributed by atoms with Gasteiger partial charge < -0.3 is 0 Å². The summed E-state index contributed by atoms with van der Waals surface area (Å²) in [7, 11) is 0. The van der Waals surface area contributed by atoms with Gasteiger partial charge in [-0.1, -0.05) is 42.5 Å². The van der Waals surface area contributed by atoms with Crippen LogP contribution in [0, 0.1) is 0 Å². The van der Waals surface area contributed by atoms with Crippen LogP contribution >= 0.6 is 0 Å². The molecule has 5 nitrogen and oxygen atoms in total. The van der Waals surface area contributed by atoms with Gasteiger partial charge in [-0.3, -0.25) is 4.98 Å². The zero-order valence-corrected chi connectivity index (χ0v) is 13.2. The predicted octanol–water partition coefficient (Wildman–Crippen LogP) is 4.01. The van der Waals surface area contributed by atoms with Crippen LogP contribution in [0.15, 0.2) is 79.3 Å². The minimum Gasteiger partial charge on any atom is -0.264 e. The highest BCUT2D eigenvalue weighted by molar-refractivity contribution is 5.96. The van der Waals surface area contributed by atoms with Gasteiger partial charge in [0.25, 0.3) is 5.78 Å². The monoisotopic (exact) mass is 323 g/mol. The fourth-order valence-corrected chi connectivity index (χ4v) is 3.06. The Morgan fingerprint density at radius 2 is 1.72 bits per heavy atom. The van der Waals surface area contributed by atoms with E-state index >= 15 is 0 Å². The second-order valence-electron chi connectivity index (χ2n) is 5.75. The minimum atomic E-state index is 0.573. The molecule has 0 N–H and O–H groups in total. The van der Waals surface area contributed by atoms with Gasteiger partial charge in [0.1, 0.15) is 0 Å². The second-order valence-corrected chi connectivity index (χ2v) is 5.75.